The molecule has 0 saturated carbocycles. The molecular formula is C27H38N4O3. The third-order valence-corrected chi connectivity index (χ3v) is 6.06. The Morgan fingerprint density at radius 3 is 2.56 bits per heavy atom. The lowest BCUT2D eigenvalue weighted by Gasteiger charge is -2.42. The van der Waals surface area contributed by atoms with Crippen molar-refractivity contribution in [3.8, 4) is 0 Å². The highest BCUT2D eigenvalue weighted by Gasteiger charge is 2.35. The summed E-state index contributed by atoms with van der Waals surface area (Å²) in [5.74, 6) is -0.294. The number of amides is 1. The standard InChI is InChI=1S/C27H38N4O3/c1-27(2,3)29-26(34)25-19-30(17-22-10-7-11-28-16-22)12-13-31(25)18-24(33)15-23(20-32)14-21-8-5-4-6-9-21/h4-11,16,20,23-25,33H,12-15,17-19H2,1-3H3,(H,29,34)/t23-,24+,25?/m1/s1. The summed E-state index contributed by atoms with van der Waals surface area (Å²) in [6.07, 6.45) is 4.84. The van der Waals surface area contributed by atoms with Crippen LogP contribution in [0.3, 0.4) is 0 Å². The minimum Gasteiger partial charge on any atom is -0.392 e. The van der Waals surface area contributed by atoms with Gasteiger partial charge in [0.2, 0.25) is 5.91 Å². The molecule has 1 aromatic heterocycles. The van der Waals surface area contributed by atoms with Crippen molar-refractivity contribution in [2.24, 2.45) is 5.92 Å². The van der Waals surface area contributed by atoms with Crippen LogP contribution >= 0.6 is 0 Å². The smallest absolute Gasteiger partial charge is 0.239 e. The van der Waals surface area contributed by atoms with Crippen LogP contribution in [0.15, 0.2) is 54.9 Å². The number of carbonyl (C=O) groups is 2. The van der Waals surface area contributed by atoms with Crippen LogP contribution in [0.2, 0.25) is 0 Å². The topological polar surface area (TPSA) is 85.8 Å². The second-order valence-electron chi connectivity index (χ2n) is 10.3. The Kier molecular flexibility index (Phi) is 9.33. The largest absolute Gasteiger partial charge is 0.392 e. The van der Waals surface area contributed by atoms with E-state index in [0.717, 1.165) is 30.5 Å². The van der Waals surface area contributed by atoms with Crippen molar-refractivity contribution in [1.29, 1.82) is 0 Å². The Bertz CT molecular complexity index is 901. The van der Waals surface area contributed by atoms with Gasteiger partial charge in [-0.2, -0.15) is 0 Å². The summed E-state index contributed by atoms with van der Waals surface area (Å²) in [6.45, 7) is 9.04. The lowest BCUT2D eigenvalue weighted by molar-refractivity contribution is -0.131. The molecular weight excluding hydrogens is 428 g/mol. The molecule has 1 amide bonds. The number of benzene rings is 1. The van der Waals surface area contributed by atoms with Gasteiger partial charge in [-0.05, 0) is 50.8 Å². The van der Waals surface area contributed by atoms with E-state index in [4.69, 9.17) is 0 Å². The second kappa shape index (κ2) is 12.2. The van der Waals surface area contributed by atoms with E-state index in [1.54, 1.807) is 6.20 Å². The maximum atomic E-state index is 13.2. The predicted molar refractivity (Wildman–Crippen MR) is 133 cm³/mol. The first-order valence-electron chi connectivity index (χ1n) is 12.1. The van der Waals surface area contributed by atoms with Gasteiger partial charge in [0.05, 0.1) is 6.10 Å². The van der Waals surface area contributed by atoms with Crippen LogP contribution in [-0.2, 0) is 22.6 Å². The fourth-order valence-electron chi connectivity index (χ4n) is 4.49. The molecule has 34 heavy (non-hydrogen) atoms. The quantitative estimate of drug-likeness (QED) is 0.523. The zero-order chi connectivity index (χ0) is 24.6. The highest BCUT2D eigenvalue weighted by atomic mass is 16.3. The molecule has 0 radical (unpaired) electrons. The van der Waals surface area contributed by atoms with Gasteiger partial charge < -0.3 is 15.2 Å². The van der Waals surface area contributed by atoms with Crippen molar-refractivity contribution >= 4 is 12.2 Å². The minimum absolute atomic E-state index is 0.0354. The van der Waals surface area contributed by atoms with Gasteiger partial charge in [-0.25, -0.2) is 0 Å². The van der Waals surface area contributed by atoms with Crippen molar-refractivity contribution in [1.82, 2.24) is 20.1 Å². The monoisotopic (exact) mass is 466 g/mol. The van der Waals surface area contributed by atoms with Gasteiger partial charge in [-0.15, -0.1) is 0 Å². The first kappa shape index (κ1) is 26.0. The summed E-state index contributed by atoms with van der Waals surface area (Å²) in [6, 6.07) is 13.4. The number of rotatable bonds is 10. The number of pyridine rings is 1. The molecule has 7 nitrogen and oxygen atoms in total. The number of aldehydes is 1. The molecule has 2 aromatic rings. The number of aliphatic hydroxyl groups excluding tert-OH is 1. The van der Waals surface area contributed by atoms with E-state index in [2.05, 4.69) is 20.1 Å². The van der Waals surface area contributed by atoms with E-state index in [9.17, 15) is 14.7 Å². The fourth-order valence-corrected chi connectivity index (χ4v) is 4.49. The lowest BCUT2D eigenvalue weighted by Crippen LogP contribution is -2.61. The van der Waals surface area contributed by atoms with Crippen molar-refractivity contribution in [2.75, 3.05) is 26.2 Å². The molecule has 2 N–H and O–H groups in total. The number of piperazine rings is 1. The maximum Gasteiger partial charge on any atom is 0.239 e. The Hall–Kier alpha value is -2.61. The van der Waals surface area contributed by atoms with Crippen LogP contribution in [-0.4, -0.2) is 75.9 Å². The molecule has 7 heteroatoms. The maximum absolute atomic E-state index is 13.2. The SMILES string of the molecule is CC(C)(C)NC(=O)C1CN(Cc2cccnc2)CCN1C[C@@H](O)C[C@H](C=O)Cc1ccccc1. The normalized spacial score (nSPS) is 19.4. The summed E-state index contributed by atoms with van der Waals surface area (Å²) in [7, 11) is 0. The molecule has 1 aliphatic rings. The molecule has 0 aliphatic carbocycles. The first-order valence-corrected chi connectivity index (χ1v) is 12.1. The summed E-state index contributed by atoms with van der Waals surface area (Å²) in [4.78, 5) is 33.4. The molecule has 1 aromatic carbocycles. The van der Waals surface area contributed by atoms with E-state index < -0.39 is 6.10 Å². The number of aliphatic hydroxyl groups is 1. The van der Waals surface area contributed by atoms with Crippen molar-refractivity contribution < 1.29 is 14.7 Å². The Morgan fingerprint density at radius 2 is 1.91 bits per heavy atom. The number of nitrogens with one attached hydrogen (secondary N) is 1. The first-order chi connectivity index (χ1) is 16.2. The van der Waals surface area contributed by atoms with Crippen LogP contribution in [0.1, 0.15) is 38.3 Å². The molecule has 1 saturated heterocycles. The lowest BCUT2D eigenvalue weighted by atomic mass is 9.94. The molecule has 1 fully saturated rings. The van der Waals surface area contributed by atoms with Crippen LogP contribution in [0.4, 0.5) is 0 Å². The summed E-state index contributed by atoms with van der Waals surface area (Å²) in [5, 5.41) is 14.0. The van der Waals surface area contributed by atoms with Gasteiger partial charge in [0.1, 0.15) is 12.3 Å². The van der Waals surface area contributed by atoms with Crippen LogP contribution in [0, 0.1) is 5.92 Å². The van der Waals surface area contributed by atoms with Crippen LogP contribution < -0.4 is 5.32 Å². The van der Waals surface area contributed by atoms with E-state index in [1.807, 2.05) is 69.4 Å². The number of β-amino-alcohol motifs (C(OH)–C–C–N with tert-alkyl or cyclic N) is 1. The summed E-state index contributed by atoms with van der Waals surface area (Å²) < 4.78 is 0. The Balaban J connectivity index is 1.63. The van der Waals surface area contributed by atoms with Crippen molar-refractivity contribution in [3.05, 3.63) is 66.0 Å². The van der Waals surface area contributed by atoms with Gasteiger partial charge in [-0.1, -0.05) is 36.4 Å². The predicted octanol–water partition coefficient (Wildman–Crippen LogP) is 2.29. The molecule has 0 spiro atoms. The average Bonchev–Trinajstić information content (AvgIpc) is 2.80. The second-order valence-corrected chi connectivity index (χ2v) is 10.3. The van der Waals surface area contributed by atoms with E-state index in [-0.39, 0.29) is 23.4 Å². The summed E-state index contributed by atoms with van der Waals surface area (Å²) in [5.41, 5.74) is 1.85. The van der Waals surface area contributed by atoms with E-state index in [0.29, 0.717) is 32.5 Å². The molecule has 3 rings (SSSR count). The Morgan fingerprint density at radius 1 is 1.18 bits per heavy atom. The third kappa shape index (κ3) is 8.31. The van der Waals surface area contributed by atoms with E-state index in [1.165, 1.54) is 0 Å². The highest BCUT2D eigenvalue weighted by Crippen LogP contribution is 2.18. The zero-order valence-corrected chi connectivity index (χ0v) is 20.6. The minimum atomic E-state index is -0.686. The van der Waals surface area contributed by atoms with Gasteiger partial charge >= 0.3 is 0 Å². The van der Waals surface area contributed by atoms with Gasteiger partial charge in [0.15, 0.2) is 0 Å². The third-order valence-electron chi connectivity index (χ3n) is 6.06. The van der Waals surface area contributed by atoms with Crippen LogP contribution in [0.25, 0.3) is 0 Å². The fraction of sp³-hybridized carbons (Fsp3) is 0.519. The number of hydrogen-bond acceptors (Lipinski definition) is 6. The molecule has 184 valence electrons. The number of carbonyl (C=O) groups excluding carboxylic acids is 2. The molecule has 1 unspecified atom stereocenters. The molecule has 0 bridgehead atoms. The number of hydrogen-bond donors (Lipinski definition) is 2. The number of nitrogens with zero attached hydrogens (tertiary/aromatic N) is 3. The van der Waals surface area contributed by atoms with Gasteiger partial charge in [0, 0.05) is 56.6 Å². The van der Waals surface area contributed by atoms with Crippen molar-refractivity contribution in [2.45, 2.75) is 57.8 Å². The van der Waals surface area contributed by atoms with Gasteiger partial charge in [0.25, 0.3) is 0 Å². The highest BCUT2D eigenvalue weighted by molar-refractivity contribution is 5.82. The van der Waals surface area contributed by atoms with Crippen molar-refractivity contribution in [3.63, 3.8) is 0 Å². The Labute approximate surface area is 203 Å². The molecule has 3 atom stereocenters. The zero-order valence-electron chi connectivity index (χ0n) is 20.6. The summed E-state index contributed by atoms with van der Waals surface area (Å²) >= 11 is 0. The molecule has 1 aliphatic heterocycles. The molecule has 2 heterocycles. The van der Waals surface area contributed by atoms with Crippen LogP contribution in [0.5, 0.6) is 0 Å². The number of aromatic nitrogens is 1. The van der Waals surface area contributed by atoms with Gasteiger partial charge in [-0.3, -0.25) is 19.6 Å². The average molecular weight is 467 g/mol. The van der Waals surface area contributed by atoms with E-state index >= 15 is 0 Å².